The van der Waals surface area contributed by atoms with Gasteiger partial charge in [-0.2, -0.15) is 11.8 Å². The largest absolute Gasteiger partial charge is 0.382 e. The molecule has 1 saturated heterocycles. The molecule has 19 heavy (non-hydrogen) atoms. The van der Waals surface area contributed by atoms with Crippen molar-refractivity contribution >= 4 is 17.7 Å². The number of hydrazine groups is 1. The van der Waals surface area contributed by atoms with Crippen LogP contribution in [0.15, 0.2) is 4.99 Å². The second kappa shape index (κ2) is 8.66. The van der Waals surface area contributed by atoms with Crippen LogP contribution < -0.4 is 11.3 Å². The number of nitrogens with one attached hydrogen (secondary N) is 1. The Morgan fingerprint density at radius 3 is 2.95 bits per heavy atom. The van der Waals surface area contributed by atoms with Crippen molar-refractivity contribution in [3.05, 3.63) is 0 Å². The zero-order chi connectivity index (χ0) is 14.1. The summed E-state index contributed by atoms with van der Waals surface area (Å²) in [5, 5.41) is 0. The van der Waals surface area contributed by atoms with Gasteiger partial charge in [-0.05, 0) is 19.8 Å². The Hall–Kier alpha value is -0.460. The monoisotopic (exact) mass is 288 g/mol. The standard InChI is InChI=1S/C13H28N4OS/c1-4-18-10-5-7-15-12(16-14)17-8-6-13(2,3)19-11-9-17/h4-11,14H2,1-3H3,(H,15,16). The van der Waals surface area contributed by atoms with Crippen molar-refractivity contribution < 1.29 is 4.74 Å². The lowest BCUT2D eigenvalue weighted by Gasteiger charge is -2.24. The number of rotatable bonds is 5. The highest BCUT2D eigenvalue weighted by molar-refractivity contribution is 8.00. The van der Waals surface area contributed by atoms with Gasteiger partial charge in [0.1, 0.15) is 0 Å². The number of hydrogen-bond acceptors (Lipinski definition) is 4. The number of hydrogen-bond donors (Lipinski definition) is 2. The number of ether oxygens (including phenoxy) is 1. The molecule has 0 spiro atoms. The quantitative estimate of drug-likeness (QED) is 0.264. The van der Waals surface area contributed by atoms with Crippen molar-refractivity contribution in [2.24, 2.45) is 10.8 Å². The van der Waals surface area contributed by atoms with E-state index in [0.717, 1.165) is 57.4 Å². The van der Waals surface area contributed by atoms with Crippen LogP contribution in [0.3, 0.4) is 0 Å². The van der Waals surface area contributed by atoms with Crippen LogP contribution in [0.25, 0.3) is 0 Å². The number of nitrogens with two attached hydrogens (primary N) is 1. The van der Waals surface area contributed by atoms with E-state index in [-0.39, 0.29) is 0 Å². The maximum atomic E-state index is 5.60. The molecule has 1 aliphatic heterocycles. The summed E-state index contributed by atoms with van der Waals surface area (Å²) in [5.74, 6) is 7.53. The Balaban J connectivity index is 2.42. The highest BCUT2D eigenvalue weighted by Gasteiger charge is 2.24. The summed E-state index contributed by atoms with van der Waals surface area (Å²) in [6, 6.07) is 0. The van der Waals surface area contributed by atoms with Gasteiger partial charge >= 0.3 is 0 Å². The molecule has 1 aliphatic rings. The molecule has 0 atom stereocenters. The summed E-state index contributed by atoms with van der Waals surface area (Å²) >= 11 is 2.02. The second-order valence-corrected chi connectivity index (χ2v) is 7.05. The molecule has 112 valence electrons. The van der Waals surface area contributed by atoms with Gasteiger partial charge in [0, 0.05) is 43.3 Å². The number of guanidine groups is 1. The van der Waals surface area contributed by atoms with Gasteiger partial charge in [-0.3, -0.25) is 10.4 Å². The summed E-state index contributed by atoms with van der Waals surface area (Å²) in [4.78, 5) is 6.80. The summed E-state index contributed by atoms with van der Waals surface area (Å²) < 4.78 is 5.65. The van der Waals surface area contributed by atoms with E-state index >= 15 is 0 Å². The first-order valence-corrected chi connectivity index (χ1v) is 8.05. The van der Waals surface area contributed by atoms with E-state index in [1.54, 1.807) is 0 Å². The predicted molar refractivity (Wildman–Crippen MR) is 83.5 cm³/mol. The number of aliphatic imine (C=N–C) groups is 1. The van der Waals surface area contributed by atoms with Crippen molar-refractivity contribution in [1.29, 1.82) is 0 Å². The molecule has 0 aromatic carbocycles. The minimum atomic E-state index is 0.351. The van der Waals surface area contributed by atoms with Gasteiger partial charge in [-0.1, -0.05) is 13.8 Å². The maximum Gasteiger partial charge on any atom is 0.208 e. The molecule has 0 aromatic rings. The van der Waals surface area contributed by atoms with Crippen molar-refractivity contribution in [2.75, 3.05) is 38.6 Å². The van der Waals surface area contributed by atoms with E-state index in [2.05, 4.69) is 29.2 Å². The van der Waals surface area contributed by atoms with E-state index in [1.165, 1.54) is 0 Å². The van der Waals surface area contributed by atoms with E-state index in [1.807, 2.05) is 18.7 Å². The third-order valence-electron chi connectivity index (χ3n) is 3.18. The molecule has 1 rings (SSSR count). The first kappa shape index (κ1) is 16.6. The number of thioether (sulfide) groups is 1. The van der Waals surface area contributed by atoms with Crippen LogP contribution in [0.4, 0.5) is 0 Å². The third-order valence-corrected chi connectivity index (χ3v) is 4.55. The fourth-order valence-electron chi connectivity index (χ4n) is 1.96. The molecule has 0 amide bonds. The fraction of sp³-hybridized carbons (Fsp3) is 0.923. The Labute approximate surface area is 121 Å². The van der Waals surface area contributed by atoms with Gasteiger partial charge in [0.25, 0.3) is 0 Å². The van der Waals surface area contributed by atoms with Gasteiger partial charge in [0.15, 0.2) is 0 Å². The Bertz CT molecular complexity index is 284. The minimum Gasteiger partial charge on any atom is -0.382 e. The molecular weight excluding hydrogens is 260 g/mol. The predicted octanol–water partition coefficient (Wildman–Crippen LogP) is 1.45. The summed E-state index contributed by atoms with van der Waals surface area (Å²) in [6.07, 6.45) is 2.09. The number of nitrogens with zero attached hydrogens (tertiary/aromatic N) is 2. The average Bonchev–Trinajstić information content (AvgIpc) is 2.55. The molecular formula is C13H28N4OS. The summed E-state index contributed by atoms with van der Waals surface area (Å²) in [7, 11) is 0. The Morgan fingerprint density at radius 1 is 1.47 bits per heavy atom. The van der Waals surface area contributed by atoms with Crippen LogP contribution in [-0.4, -0.2) is 54.2 Å². The molecule has 1 fully saturated rings. The first-order chi connectivity index (χ1) is 9.09. The van der Waals surface area contributed by atoms with Gasteiger partial charge in [-0.15, -0.1) is 0 Å². The lowest BCUT2D eigenvalue weighted by Crippen LogP contribution is -2.46. The lowest BCUT2D eigenvalue weighted by atomic mass is 10.1. The van der Waals surface area contributed by atoms with Crippen molar-refractivity contribution in [3.8, 4) is 0 Å². The molecule has 0 saturated carbocycles. The molecule has 0 aromatic heterocycles. The van der Waals surface area contributed by atoms with E-state index < -0.39 is 0 Å². The Kier molecular flexibility index (Phi) is 7.56. The zero-order valence-electron chi connectivity index (χ0n) is 12.4. The molecule has 3 N–H and O–H groups in total. The van der Waals surface area contributed by atoms with Crippen LogP contribution in [0.5, 0.6) is 0 Å². The highest BCUT2D eigenvalue weighted by Crippen LogP contribution is 2.30. The minimum absolute atomic E-state index is 0.351. The van der Waals surface area contributed by atoms with Crippen LogP contribution >= 0.6 is 11.8 Å². The van der Waals surface area contributed by atoms with E-state index in [0.29, 0.717) is 4.75 Å². The zero-order valence-corrected chi connectivity index (χ0v) is 13.3. The van der Waals surface area contributed by atoms with E-state index in [9.17, 15) is 0 Å². The molecule has 0 radical (unpaired) electrons. The average molecular weight is 288 g/mol. The van der Waals surface area contributed by atoms with Crippen LogP contribution in [0.2, 0.25) is 0 Å². The molecule has 6 heteroatoms. The van der Waals surface area contributed by atoms with Gasteiger partial charge in [0.05, 0.1) is 0 Å². The lowest BCUT2D eigenvalue weighted by molar-refractivity contribution is 0.146. The highest BCUT2D eigenvalue weighted by atomic mass is 32.2. The summed E-state index contributed by atoms with van der Waals surface area (Å²) in [5.41, 5.74) is 2.74. The van der Waals surface area contributed by atoms with Crippen LogP contribution in [0.1, 0.15) is 33.6 Å². The maximum absolute atomic E-state index is 5.60. The Morgan fingerprint density at radius 2 is 2.26 bits per heavy atom. The van der Waals surface area contributed by atoms with Crippen molar-refractivity contribution in [1.82, 2.24) is 10.3 Å². The molecule has 5 nitrogen and oxygen atoms in total. The van der Waals surface area contributed by atoms with Crippen LogP contribution in [-0.2, 0) is 4.74 Å². The van der Waals surface area contributed by atoms with Crippen LogP contribution in [0, 0.1) is 0 Å². The van der Waals surface area contributed by atoms with Gasteiger partial charge in [-0.25, -0.2) is 5.84 Å². The SMILES string of the molecule is CCOCCCN=C(NN)N1CCSC(C)(C)CC1. The summed E-state index contributed by atoms with van der Waals surface area (Å²) in [6.45, 7) is 10.9. The molecule has 0 bridgehead atoms. The first-order valence-electron chi connectivity index (χ1n) is 7.07. The van der Waals surface area contributed by atoms with Gasteiger partial charge in [0.2, 0.25) is 5.96 Å². The van der Waals surface area contributed by atoms with E-state index in [4.69, 9.17) is 10.6 Å². The topological polar surface area (TPSA) is 62.9 Å². The smallest absolute Gasteiger partial charge is 0.208 e. The van der Waals surface area contributed by atoms with Crippen molar-refractivity contribution in [2.45, 2.75) is 38.4 Å². The molecule has 0 aliphatic carbocycles. The second-order valence-electron chi connectivity index (χ2n) is 5.25. The molecule has 0 unspecified atom stereocenters. The normalized spacial score (nSPS) is 20.2. The third kappa shape index (κ3) is 6.49. The fourth-order valence-corrected chi connectivity index (χ4v) is 3.06. The van der Waals surface area contributed by atoms with Crippen molar-refractivity contribution in [3.63, 3.8) is 0 Å². The van der Waals surface area contributed by atoms with Gasteiger partial charge < -0.3 is 9.64 Å². The molecule has 1 heterocycles.